The lowest BCUT2D eigenvalue weighted by atomic mass is 10.3. The van der Waals surface area contributed by atoms with Gasteiger partial charge in [-0.1, -0.05) is 23.9 Å². The molecule has 1 aromatic carbocycles. The van der Waals surface area contributed by atoms with Crippen molar-refractivity contribution in [3.05, 3.63) is 30.6 Å². The first-order valence-corrected chi connectivity index (χ1v) is 8.17. The average Bonchev–Trinajstić information content (AvgIpc) is 2.97. The first-order chi connectivity index (χ1) is 11.4. The van der Waals surface area contributed by atoms with Gasteiger partial charge in [0, 0.05) is 6.04 Å². The monoisotopic (exact) mass is 356 g/mol. The zero-order chi connectivity index (χ0) is 17.7. The summed E-state index contributed by atoms with van der Waals surface area (Å²) in [6, 6.07) is 6.22. The summed E-state index contributed by atoms with van der Waals surface area (Å²) in [5.41, 5.74) is 0.195. The Kier molecular flexibility index (Phi) is 6.13. The number of alkyl halides is 2. The summed E-state index contributed by atoms with van der Waals surface area (Å²) in [5.74, 6) is -0.424. The number of nitrogens with one attached hydrogen (secondary N) is 1. The molecule has 1 N–H and O–H groups in total. The number of nitrogens with zero attached hydrogens (tertiary/aromatic N) is 3. The third-order valence-electron chi connectivity index (χ3n) is 3.11. The summed E-state index contributed by atoms with van der Waals surface area (Å²) in [7, 11) is 0. The molecule has 1 atom stereocenters. The van der Waals surface area contributed by atoms with E-state index in [0.717, 1.165) is 0 Å². The number of anilines is 1. The number of amides is 1. The highest BCUT2D eigenvalue weighted by molar-refractivity contribution is 8.00. The highest BCUT2D eigenvalue weighted by atomic mass is 32.2. The van der Waals surface area contributed by atoms with E-state index in [1.54, 1.807) is 25.4 Å². The Morgan fingerprint density at radius 3 is 2.67 bits per heavy atom. The van der Waals surface area contributed by atoms with Crippen molar-refractivity contribution in [1.29, 1.82) is 0 Å². The molecule has 1 aromatic heterocycles. The molecule has 6 nitrogen and oxygen atoms in total. The minimum atomic E-state index is -2.96. The van der Waals surface area contributed by atoms with Gasteiger partial charge < -0.3 is 14.6 Å². The minimum Gasteiger partial charge on any atom is -0.433 e. The Hall–Kier alpha value is -2.16. The van der Waals surface area contributed by atoms with Crippen molar-refractivity contribution >= 4 is 23.4 Å². The number of aromatic nitrogens is 3. The fourth-order valence-electron chi connectivity index (χ4n) is 1.89. The molecule has 130 valence electrons. The van der Waals surface area contributed by atoms with Crippen LogP contribution in [0.25, 0.3) is 0 Å². The van der Waals surface area contributed by atoms with Crippen LogP contribution in [-0.2, 0) is 4.79 Å². The van der Waals surface area contributed by atoms with Gasteiger partial charge >= 0.3 is 6.61 Å². The second-order valence-electron chi connectivity index (χ2n) is 5.24. The van der Waals surface area contributed by atoms with Gasteiger partial charge in [-0.05, 0) is 32.9 Å². The van der Waals surface area contributed by atoms with Crippen LogP contribution < -0.4 is 10.1 Å². The molecule has 0 saturated heterocycles. The maximum Gasteiger partial charge on any atom is 0.387 e. The second kappa shape index (κ2) is 8.09. The van der Waals surface area contributed by atoms with Crippen molar-refractivity contribution in [2.75, 3.05) is 5.32 Å². The molecule has 0 aliphatic rings. The third-order valence-corrected chi connectivity index (χ3v) is 4.18. The van der Waals surface area contributed by atoms with Gasteiger partial charge in [-0.2, -0.15) is 8.78 Å². The minimum absolute atomic E-state index is 0.0802. The molecular formula is C15H18F2N4O2S. The van der Waals surface area contributed by atoms with Crippen LogP contribution in [0.3, 0.4) is 0 Å². The molecule has 0 aliphatic heterocycles. The van der Waals surface area contributed by atoms with E-state index in [2.05, 4.69) is 20.3 Å². The highest BCUT2D eigenvalue weighted by Gasteiger charge is 2.20. The molecule has 0 radical (unpaired) electrons. The first-order valence-electron chi connectivity index (χ1n) is 7.29. The standard InChI is InChI=1S/C15H18F2N4O2S/c1-9(2)21-8-18-20-15(21)24-10(3)13(22)19-11-6-4-5-7-12(11)23-14(16)17/h4-10,14H,1-3H3,(H,19,22)/t10-/m0/s1. The van der Waals surface area contributed by atoms with Crippen LogP contribution in [-0.4, -0.2) is 32.5 Å². The van der Waals surface area contributed by atoms with Gasteiger partial charge in [-0.3, -0.25) is 4.79 Å². The predicted molar refractivity (Wildman–Crippen MR) is 87.4 cm³/mol. The maximum absolute atomic E-state index is 12.4. The van der Waals surface area contributed by atoms with E-state index in [4.69, 9.17) is 0 Å². The number of carbonyl (C=O) groups is 1. The Labute approximate surface area is 142 Å². The number of ether oxygens (including phenoxy) is 1. The average molecular weight is 356 g/mol. The van der Waals surface area contributed by atoms with E-state index < -0.39 is 11.9 Å². The van der Waals surface area contributed by atoms with E-state index in [9.17, 15) is 13.6 Å². The first kappa shape index (κ1) is 18.2. The Bertz CT molecular complexity index is 694. The van der Waals surface area contributed by atoms with Crippen LogP contribution in [0.5, 0.6) is 5.75 Å². The molecule has 9 heteroatoms. The van der Waals surface area contributed by atoms with Crippen LogP contribution in [0, 0.1) is 0 Å². The fourth-order valence-corrected chi connectivity index (χ4v) is 2.84. The van der Waals surface area contributed by atoms with Gasteiger partial charge in [0.25, 0.3) is 0 Å². The normalized spacial score (nSPS) is 12.5. The van der Waals surface area contributed by atoms with Gasteiger partial charge in [-0.25, -0.2) is 0 Å². The number of hydrogen-bond donors (Lipinski definition) is 1. The van der Waals surface area contributed by atoms with Gasteiger partial charge in [0.2, 0.25) is 5.91 Å². The van der Waals surface area contributed by atoms with Crippen LogP contribution in [0.15, 0.2) is 35.7 Å². The molecule has 1 heterocycles. The van der Waals surface area contributed by atoms with Crippen LogP contribution >= 0.6 is 11.8 Å². The smallest absolute Gasteiger partial charge is 0.387 e. The number of carbonyl (C=O) groups excluding carboxylic acids is 1. The van der Waals surface area contributed by atoms with E-state index >= 15 is 0 Å². The molecule has 0 unspecified atom stereocenters. The summed E-state index contributed by atoms with van der Waals surface area (Å²) in [4.78, 5) is 12.3. The van der Waals surface area contributed by atoms with Gasteiger partial charge in [0.1, 0.15) is 12.1 Å². The molecule has 24 heavy (non-hydrogen) atoms. The number of para-hydroxylation sites is 2. The van der Waals surface area contributed by atoms with Crippen molar-refractivity contribution in [3.8, 4) is 5.75 Å². The third kappa shape index (κ3) is 4.67. The van der Waals surface area contributed by atoms with Crippen molar-refractivity contribution in [2.45, 2.75) is 43.8 Å². The summed E-state index contributed by atoms with van der Waals surface area (Å²) in [5, 5.41) is 10.6. The zero-order valence-electron chi connectivity index (χ0n) is 13.4. The van der Waals surface area contributed by atoms with E-state index in [1.165, 1.54) is 23.9 Å². The van der Waals surface area contributed by atoms with Crippen LogP contribution in [0.1, 0.15) is 26.8 Å². The lowest BCUT2D eigenvalue weighted by molar-refractivity contribution is -0.115. The lowest BCUT2D eigenvalue weighted by Crippen LogP contribution is -2.23. The van der Waals surface area contributed by atoms with Gasteiger partial charge in [-0.15, -0.1) is 10.2 Å². The quantitative estimate of drug-likeness (QED) is 0.768. The van der Waals surface area contributed by atoms with Crippen molar-refractivity contribution in [3.63, 3.8) is 0 Å². The van der Waals surface area contributed by atoms with E-state index in [1.807, 2.05) is 18.4 Å². The van der Waals surface area contributed by atoms with Crippen LogP contribution in [0.2, 0.25) is 0 Å². The molecule has 2 rings (SSSR count). The van der Waals surface area contributed by atoms with Gasteiger partial charge in [0.05, 0.1) is 10.9 Å². The topological polar surface area (TPSA) is 69.0 Å². The van der Waals surface area contributed by atoms with Gasteiger partial charge in [0.15, 0.2) is 5.16 Å². The Balaban J connectivity index is 2.05. The number of rotatable bonds is 7. The fraction of sp³-hybridized carbons (Fsp3) is 0.400. The number of hydrogen-bond acceptors (Lipinski definition) is 5. The molecule has 0 saturated carbocycles. The second-order valence-corrected chi connectivity index (χ2v) is 6.55. The molecule has 0 fully saturated rings. The predicted octanol–water partition coefficient (Wildman–Crippen LogP) is 3.58. The maximum atomic E-state index is 12.4. The van der Waals surface area contributed by atoms with Crippen molar-refractivity contribution in [2.24, 2.45) is 0 Å². The van der Waals surface area contributed by atoms with Crippen LogP contribution in [0.4, 0.5) is 14.5 Å². The lowest BCUT2D eigenvalue weighted by Gasteiger charge is -2.15. The summed E-state index contributed by atoms with van der Waals surface area (Å²) < 4.78 is 31.1. The SMILES string of the molecule is CC(C)n1cnnc1S[C@@H](C)C(=O)Nc1ccccc1OC(F)F. The molecular weight excluding hydrogens is 338 g/mol. The molecule has 2 aromatic rings. The molecule has 0 bridgehead atoms. The zero-order valence-corrected chi connectivity index (χ0v) is 14.3. The van der Waals surface area contributed by atoms with E-state index in [-0.39, 0.29) is 23.4 Å². The van der Waals surface area contributed by atoms with Crippen molar-refractivity contribution < 1.29 is 18.3 Å². The molecule has 0 aliphatic carbocycles. The summed E-state index contributed by atoms with van der Waals surface area (Å²) in [6.07, 6.45) is 1.60. The Morgan fingerprint density at radius 2 is 2.00 bits per heavy atom. The van der Waals surface area contributed by atoms with Crippen molar-refractivity contribution in [1.82, 2.24) is 14.8 Å². The Morgan fingerprint density at radius 1 is 1.29 bits per heavy atom. The molecule has 1 amide bonds. The number of benzene rings is 1. The highest BCUT2D eigenvalue weighted by Crippen LogP contribution is 2.28. The summed E-state index contributed by atoms with van der Waals surface area (Å²) >= 11 is 1.24. The van der Waals surface area contributed by atoms with E-state index in [0.29, 0.717) is 5.16 Å². The number of halogens is 2. The largest absolute Gasteiger partial charge is 0.433 e. The molecule has 0 spiro atoms. The number of thioether (sulfide) groups is 1. The summed E-state index contributed by atoms with van der Waals surface area (Å²) in [6.45, 7) is 2.71.